The van der Waals surface area contributed by atoms with E-state index in [0.29, 0.717) is 10.0 Å². The molecular formula is C20H24N4O2S2. The quantitative estimate of drug-likeness (QED) is 0.776. The zero-order valence-corrected chi connectivity index (χ0v) is 17.4. The van der Waals surface area contributed by atoms with Gasteiger partial charge in [0.05, 0.1) is 4.88 Å². The summed E-state index contributed by atoms with van der Waals surface area (Å²) in [5.74, 6) is 2.05. The summed E-state index contributed by atoms with van der Waals surface area (Å²) >= 11 is 2.87. The number of anilines is 1. The van der Waals surface area contributed by atoms with Gasteiger partial charge in [0, 0.05) is 5.41 Å². The molecule has 1 atom stereocenters. The SMILES string of the molecule is CC(NC(=O)c1cccs1)C(=O)Nc1nnc(C23CC4CC(CC(C4)C2)C3)s1. The highest BCUT2D eigenvalue weighted by Gasteiger charge is 2.53. The molecule has 6 nitrogen and oxygen atoms in total. The van der Waals surface area contributed by atoms with Crippen LogP contribution in [-0.4, -0.2) is 28.1 Å². The molecule has 2 heterocycles. The molecule has 4 fully saturated rings. The maximum atomic E-state index is 12.5. The molecule has 4 aliphatic carbocycles. The summed E-state index contributed by atoms with van der Waals surface area (Å²) in [6, 6.07) is 2.92. The van der Waals surface area contributed by atoms with Gasteiger partial charge in [-0.25, -0.2) is 0 Å². The first-order valence-electron chi connectivity index (χ1n) is 10.00. The number of hydrogen-bond donors (Lipinski definition) is 2. The van der Waals surface area contributed by atoms with E-state index < -0.39 is 6.04 Å². The lowest BCUT2D eigenvalue weighted by Gasteiger charge is -2.55. The Bertz CT molecular complexity index is 857. The Balaban J connectivity index is 1.24. The van der Waals surface area contributed by atoms with Crippen molar-refractivity contribution in [2.45, 2.75) is 56.9 Å². The van der Waals surface area contributed by atoms with Crippen LogP contribution in [0.3, 0.4) is 0 Å². The van der Waals surface area contributed by atoms with Crippen molar-refractivity contribution in [3.8, 4) is 0 Å². The smallest absolute Gasteiger partial charge is 0.261 e. The normalized spacial score (nSPS) is 31.5. The standard InChI is InChI=1S/C20H24N4O2S2/c1-11(21-17(26)15-3-2-4-27-15)16(25)22-19-24-23-18(28-19)20-8-12-5-13(9-20)7-14(6-12)10-20/h2-4,11-14H,5-10H2,1H3,(H,21,26)(H,22,24,25). The predicted octanol–water partition coefficient (Wildman–Crippen LogP) is 3.82. The molecule has 0 saturated heterocycles. The molecule has 148 valence electrons. The molecule has 0 aromatic carbocycles. The van der Waals surface area contributed by atoms with E-state index in [1.807, 2.05) is 11.4 Å². The minimum atomic E-state index is -0.638. The van der Waals surface area contributed by atoms with E-state index in [2.05, 4.69) is 20.8 Å². The summed E-state index contributed by atoms with van der Waals surface area (Å²) < 4.78 is 0. The third-order valence-electron chi connectivity index (χ3n) is 6.63. The molecule has 8 heteroatoms. The van der Waals surface area contributed by atoms with Gasteiger partial charge in [0.2, 0.25) is 11.0 Å². The second-order valence-corrected chi connectivity index (χ2v) is 10.7. The van der Waals surface area contributed by atoms with E-state index in [-0.39, 0.29) is 17.2 Å². The minimum Gasteiger partial charge on any atom is -0.340 e. The number of carbonyl (C=O) groups is 2. The van der Waals surface area contributed by atoms with Crippen molar-refractivity contribution in [2.75, 3.05) is 5.32 Å². The van der Waals surface area contributed by atoms with Crippen LogP contribution in [-0.2, 0) is 10.2 Å². The Labute approximate surface area is 172 Å². The molecule has 28 heavy (non-hydrogen) atoms. The van der Waals surface area contributed by atoms with Crippen molar-refractivity contribution in [3.63, 3.8) is 0 Å². The van der Waals surface area contributed by atoms with Gasteiger partial charge in [0.15, 0.2) is 0 Å². The summed E-state index contributed by atoms with van der Waals surface area (Å²) in [4.78, 5) is 25.2. The largest absolute Gasteiger partial charge is 0.340 e. The molecule has 4 aliphatic rings. The molecule has 4 bridgehead atoms. The first-order chi connectivity index (χ1) is 13.5. The molecule has 2 aromatic rings. The summed E-state index contributed by atoms with van der Waals surface area (Å²) in [6.45, 7) is 1.68. The molecule has 6 rings (SSSR count). The Morgan fingerprint density at radius 2 is 1.82 bits per heavy atom. The number of rotatable bonds is 5. The van der Waals surface area contributed by atoms with Crippen LogP contribution in [0, 0.1) is 17.8 Å². The van der Waals surface area contributed by atoms with E-state index in [0.717, 1.165) is 22.8 Å². The maximum absolute atomic E-state index is 12.5. The zero-order valence-electron chi connectivity index (χ0n) is 15.8. The lowest BCUT2D eigenvalue weighted by Crippen LogP contribution is -2.48. The topological polar surface area (TPSA) is 84.0 Å². The fourth-order valence-corrected chi connectivity index (χ4v) is 7.41. The van der Waals surface area contributed by atoms with Gasteiger partial charge in [0.25, 0.3) is 5.91 Å². The van der Waals surface area contributed by atoms with Gasteiger partial charge < -0.3 is 5.32 Å². The monoisotopic (exact) mass is 416 g/mol. The molecule has 4 saturated carbocycles. The van der Waals surface area contributed by atoms with Gasteiger partial charge in [0.1, 0.15) is 11.0 Å². The van der Waals surface area contributed by atoms with Gasteiger partial charge >= 0.3 is 0 Å². The van der Waals surface area contributed by atoms with Crippen LogP contribution < -0.4 is 10.6 Å². The van der Waals surface area contributed by atoms with Gasteiger partial charge in [-0.3, -0.25) is 14.9 Å². The molecule has 2 N–H and O–H groups in total. The van der Waals surface area contributed by atoms with E-state index >= 15 is 0 Å². The molecule has 1 unspecified atom stereocenters. The lowest BCUT2D eigenvalue weighted by atomic mass is 9.50. The third kappa shape index (κ3) is 3.26. The number of hydrogen-bond acceptors (Lipinski definition) is 6. The molecule has 2 aromatic heterocycles. The maximum Gasteiger partial charge on any atom is 0.261 e. The number of carbonyl (C=O) groups excluding carboxylic acids is 2. The number of nitrogens with zero attached hydrogens (tertiary/aromatic N) is 2. The Kier molecular flexibility index (Phi) is 4.50. The van der Waals surface area contributed by atoms with Gasteiger partial charge in [-0.15, -0.1) is 21.5 Å². The summed E-state index contributed by atoms with van der Waals surface area (Å²) in [5.41, 5.74) is 0.189. The average molecular weight is 417 g/mol. The van der Waals surface area contributed by atoms with Crippen LogP contribution in [0.15, 0.2) is 17.5 Å². The van der Waals surface area contributed by atoms with Crippen LogP contribution in [0.25, 0.3) is 0 Å². The van der Waals surface area contributed by atoms with Crippen LogP contribution in [0.1, 0.15) is 60.1 Å². The number of amides is 2. The van der Waals surface area contributed by atoms with Crippen LogP contribution >= 0.6 is 22.7 Å². The third-order valence-corrected chi connectivity index (χ3v) is 8.59. The minimum absolute atomic E-state index is 0.189. The zero-order chi connectivity index (χ0) is 19.3. The fraction of sp³-hybridized carbons (Fsp3) is 0.600. The lowest BCUT2D eigenvalue weighted by molar-refractivity contribution is -0.117. The Morgan fingerprint density at radius 3 is 2.43 bits per heavy atom. The van der Waals surface area contributed by atoms with E-state index in [1.165, 1.54) is 61.2 Å². The summed E-state index contributed by atoms with van der Waals surface area (Å²) in [5, 5.41) is 17.8. The van der Waals surface area contributed by atoms with Crippen molar-refractivity contribution < 1.29 is 9.59 Å². The van der Waals surface area contributed by atoms with Crippen LogP contribution in [0.5, 0.6) is 0 Å². The van der Waals surface area contributed by atoms with E-state index in [9.17, 15) is 9.59 Å². The first-order valence-corrected chi connectivity index (χ1v) is 11.7. The van der Waals surface area contributed by atoms with Crippen molar-refractivity contribution in [1.29, 1.82) is 0 Å². The van der Waals surface area contributed by atoms with Crippen molar-refractivity contribution >= 4 is 39.6 Å². The average Bonchev–Trinajstić information content (AvgIpc) is 3.32. The highest BCUT2D eigenvalue weighted by molar-refractivity contribution is 7.15. The highest BCUT2D eigenvalue weighted by atomic mass is 32.1. The predicted molar refractivity (Wildman–Crippen MR) is 110 cm³/mol. The summed E-state index contributed by atoms with van der Waals surface area (Å²) in [7, 11) is 0. The van der Waals surface area contributed by atoms with Gasteiger partial charge in [-0.2, -0.15) is 0 Å². The Morgan fingerprint density at radius 1 is 1.14 bits per heavy atom. The fourth-order valence-electron chi connectivity index (χ4n) is 5.82. The second kappa shape index (κ2) is 6.91. The molecule has 0 spiro atoms. The van der Waals surface area contributed by atoms with E-state index in [1.54, 1.807) is 13.0 Å². The molecule has 2 amide bonds. The van der Waals surface area contributed by atoms with Crippen molar-refractivity contribution in [2.24, 2.45) is 17.8 Å². The molecule has 0 radical (unpaired) electrons. The van der Waals surface area contributed by atoms with Gasteiger partial charge in [-0.1, -0.05) is 17.4 Å². The number of nitrogens with one attached hydrogen (secondary N) is 2. The number of thiophene rings is 1. The van der Waals surface area contributed by atoms with Crippen LogP contribution in [0.2, 0.25) is 0 Å². The molecule has 0 aliphatic heterocycles. The molecular weight excluding hydrogens is 392 g/mol. The second-order valence-electron chi connectivity index (χ2n) is 8.77. The Hall–Kier alpha value is -1.80. The van der Waals surface area contributed by atoms with Gasteiger partial charge in [-0.05, 0) is 74.6 Å². The van der Waals surface area contributed by atoms with Crippen LogP contribution in [0.4, 0.5) is 5.13 Å². The van der Waals surface area contributed by atoms with Crippen molar-refractivity contribution in [3.05, 3.63) is 27.4 Å². The highest BCUT2D eigenvalue weighted by Crippen LogP contribution is 2.61. The first kappa shape index (κ1) is 18.2. The number of aromatic nitrogens is 2. The van der Waals surface area contributed by atoms with E-state index in [4.69, 9.17) is 0 Å². The summed E-state index contributed by atoms with van der Waals surface area (Å²) in [6.07, 6.45) is 7.87. The van der Waals surface area contributed by atoms with Crippen molar-refractivity contribution in [1.82, 2.24) is 15.5 Å².